The molecule has 0 spiro atoms. The monoisotopic (exact) mass is 567 g/mol. The van der Waals surface area contributed by atoms with Crippen molar-refractivity contribution in [2.45, 2.75) is 19.0 Å². The van der Waals surface area contributed by atoms with Gasteiger partial charge in [-0.25, -0.2) is 0 Å². The Balaban J connectivity index is 0.00000225. The summed E-state index contributed by atoms with van der Waals surface area (Å²) in [4.78, 5) is 30.8. The molecule has 0 saturated carbocycles. The van der Waals surface area contributed by atoms with E-state index in [1.54, 1.807) is 11.3 Å². The van der Waals surface area contributed by atoms with E-state index in [1.807, 2.05) is 0 Å². The van der Waals surface area contributed by atoms with Crippen molar-refractivity contribution in [3.8, 4) is 0 Å². The summed E-state index contributed by atoms with van der Waals surface area (Å²) in [6.45, 7) is 5.10. The van der Waals surface area contributed by atoms with Crippen molar-refractivity contribution in [3.63, 3.8) is 0 Å². The van der Waals surface area contributed by atoms with Crippen LogP contribution in [0, 0.1) is 0 Å². The minimum absolute atomic E-state index is 0. The lowest BCUT2D eigenvalue weighted by molar-refractivity contribution is -0.123. The zero-order chi connectivity index (χ0) is 19.0. The predicted molar refractivity (Wildman–Crippen MR) is 123 cm³/mol. The Hall–Kier alpha value is -0.290. The number of thiophene rings is 2. The second-order valence-electron chi connectivity index (χ2n) is 6.82. The van der Waals surface area contributed by atoms with E-state index in [1.165, 1.54) is 16.2 Å². The topological polar surface area (TPSA) is 52.7 Å². The average Bonchev–Trinajstić information content (AvgIpc) is 3.30. The number of nitrogens with one attached hydrogen (secondary N) is 1. The molecule has 152 valence electrons. The molecule has 1 amide bonds. The maximum absolute atomic E-state index is 12.5. The van der Waals surface area contributed by atoms with Crippen LogP contribution in [0.3, 0.4) is 0 Å². The number of ketones is 1. The minimum atomic E-state index is -0.225. The summed E-state index contributed by atoms with van der Waals surface area (Å²) in [5.74, 6) is 0.0768. The number of rotatable bonds is 5. The summed E-state index contributed by atoms with van der Waals surface area (Å²) in [5, 5.41) is 5.17. The van der Waals surface area contributed by atoms with Gasteiger partial charge >= 0.3 is 0 Å². The molecule has 1 fully saturated rings. The van der Waals surface area contributed by atoms with E-state index in [2.05, 4.69) is 64.5 Å². The Morgan fingerprint density at radius 1 is 1.18 bits per heavy atom. The summed E-state index contributed by atoms with van der Waals surface area (Å²) in [5.41, 5.74) is 1.64. The number of hydrogen-bond acceptors (Lipinski definition) is 6. The number of carbonyl (C=O) groups is 2. The average molecular weight is 570 g/mol. The predicted octanol–water partition coefficient (Wildman–Crippen LogP) is 4.32. The van der Waals surface area contributed by atoms with Gasteiger partial charge in [0.15, 0.2) is 5.78 Å². The Kier molecular flexibility index (Phi) is 7.74. The third-order valence-corrected chi connectivity index (χ3v) is 8.44. The Labute approximate surface area is 195 Å². The van der Waals surface area contributed by atoms with Crippen molar-refractivity contribution in [1.82, 2.24) is 15.1 Å². The molecule has 0 aromatic carbocycles. The van der Waals surface area contributed by atoms with Gasteiger partial charge in [-0.2, -0.15) is 0 Å². The molecule has 1 aliphatic carbocycles. The fourth-order valence-electron chi connectivity index (χ4n) is 3.64. The number of nitrogens with zero attached hydrogens (tertiary/aromatic N) is 2. The molecule has 0 bridgehead atoms. The smallest absolute Gasteiger partial charge is 0.234 e. The van der Waals surface area contributed by atoms with Gasteiger partial charge in [0.05, 0.1) is 20.2 Å². The molecule has 2 aromatic rings. The molecule has 28 heavy (non-hydrogen) atoms. The molecule has 3 heterocycles. The van der Waals surface area contributed by atoms with E-state index in [9.17, 15) is 9.59 Å². The number of hydrogen-bond donors (Lipinski definition) is 1. The minimum Gasteiger partial charge on any atom is -0.348 e. The summed E-state index contributed by atoms with van der Waals surface area (Å²) < 4.78 is 1.76. The summed E-state index contributed by atoms with van der Waals surface area (Å²) in [7, 11) is 0. The molecule has 2 aliphatic rings. The molecule has 1 unspecified atom stereocenters. The maximum atomic E-state index is 12.5. The Morgan fingerprint density at radius 3 is 2.57 bits per heavy atom. The fourth-order valence-corrected chi connectivity index (χ4v) is 7.76. The Bertz CT molecular complexity index is 851. The number of amides is 1. The number of Topliss-reactive ketones (excluding diaryl/α,β-unsaturated/α-hetero) is 1. The molecule has 10 heteroatoms. The lowest BCUT2D eigenvalue weighted by Crippen LogP contribution is -2.49. The highest BCUT2D eigenvalue weighted by Gasteiger charge is 2.36. The molecular weight excluding hydrogens is 550 g/mol. The fraction of sp³-hybridized carbons (Fsp3) is 0.444. The van der Waals surface area contributed by atoms with Crippen LogP contribution < -0.4 is 5.32 Å². The molecule has 0 radical (unpaired) electrons. The van der Waals surface area contributed by atoms with Crippen LogP contribution in [0.2, 0.25) is 0 Å². The van der Waals surface area contributed by atoms with Crippen molar-refractivity contribution < 1.29 is 9.59 Å². The van der Waals surface area contributed by atoms with Gasteiger partial charge in [-0.1, -0.05) is 6.07 Å². The van der Waals surface area contributed by atoms with Gasteiger partial charge < -0.3 is 5.32 Å². The van der Waals surface area contributed by atoms with Crippen LogP contribution in [0.5, 0.6) is 0 Å². The first-order chi connectivity index (χ1) is 13.0. The zero-order valence-corrected chi connectivity index (χ0v) is 20.6. The quantitative estimate of drug-likeness (QED) is 0.583. The van der Waals surface area contributed by atoms with Crippen LogP contribution in [0.4, 0.5) is 0 Å². The van der Waals surface area contributed by atoms with Gasteiger partial charge in [0, 0.05) is 55.1 Å². The van der Waals surface area contributed by atoms with E-state index in [-0.39, 0.29) is 30.1 Å². The van der Waals surface area contributed by atoms with Crippen LogP contribution in [0.1, 0.15) is 33.3 Å². The van der Waals surface area contributed by atoms with Crippen molar-refractivity contribution in [1.29, 1.82) is 0 Å². The third-order valence-electron chi connectivity index (χ3n) is 5.00. The number of piperazine rings is 1. The second kappa shape index (κ2) is 9.68. The summed E-state index contributed by atoms with van der Waals surface area (Å²) in [6, 6.07) is 4.03. The normalized spacial score (nSPS) is 20.1. The van der Waals surface area contributed by atoms with Gasteiger partial charge in [-0.05, 0) is 43.3 Å². The largest absolute Gasteiger partial charge is 0.348 e. The number of carbonyl (C=O) groups excluding carboxylic acids is 2. The third kappa shape index (κ3) is 4.88. The molecular formula is C18H20Br2ClN3O2S2. The van der Waals surface area contributed by atoms with Crippen LogP contribution >= 0.6 is 66.9 Å². The molecule has 1 N–H and O–H groups in total. The Morgan fingerprint density at radius 2 is 1.89 bits per heavy atom. The SMILES string of the molecule is Cl.O=C(CN1CCN(Cc2cccs2)CC1)NC1CC(=O)c2c(Br)sc(Br)c21. The second-order valence-corrected chi connectivity index (χ2v) is 11.5. The highest BCUT2D eigenvalue weighted by Crippen LogP contribution is 2.46. The molecule has 1 aliphatic heterocycles. The van der Waals surface area contributed by atoms with Gasteiger partial charge in [-0.15, -0.1) is 35.1 Å². The van der Waals surface area contributed by atoms with E-state index < -0.39 is 0 Å². The van der Waals surface area contributed by atoms with Gasteiger partial charge in [0.25, 0.3) is 0 Å². The highest BCUT2D eigenvalue weighted by molar-refractivity contribution is 9.12. The lowest BCUT2D eigenvalue weighted by Gasteiger charge is -2.34. The first-order valence-electron chi connectivity index (χ1n) is 8.78. The lowest BCUT2D eigenvalue weighted by atomic mass is 10.2. The van der Waals surface area contributed by atoms with E-state index >= 15 is 0 Å². The molecule has 1 atom stereocenters. The summed E-state index contributed by atoms with van der Waals surface area (Å²) in [6.07, 6.45) is 0.343. The van der Waals surface area contributed by atoms with Crippen molar-refractivity contribution in [2.75, 3.05) is 32.7 Å². The van der Waals surface area contributed by atoms with E-state index in [0.717, 1.165) is 51.4 Å². The van der Waals surface area contributed by atoms with Gasteiger partial charge in [-0.3, -0.25) is 19.4 Å². The highest BCUT2D eigenvalue weighted by atomic mass is 79.9. The number of fused-ring (bicyclic) bond motifs is 1. The first-order valence-corrected chi connectivity index (χ1v) is 12.1. The van der Waals surface area contributed by atoms with Crippen LogP contribution in [0.25, 0.3) is 0 Å². The van der Waals surface area contributed by atoms with Crippen molar-refractivity contribution in [2.24, 2.45) is 0 Å². The first kappa shape index (κ1) is 22.4. The zero-order valence-electron chi connectivity index (χ0n) is 15.0. The van der Waals surface area contributed by atoms with Gasteiger partial charge in [0.2, 0.25) is 5.91 Å². The maximum Gasteiger partial charge on any atom is 0.234 e. The molecule has 1 saturated heterocycles. The standard InChI is InChI=1S/C18H19Br2N3O2S2.ClH/c19-17-15-12(8-13(24)16(15)18(20)27-17)21-14(25)10-23-5-3-22(4-6-23)9-11-2-1-7-26-11;/h1-2,7,12H,3-6,8-10H2,(H,21,25);1H. The van der Waals surface area contributed by atoms with Gasteiger partial charge in [0.1, 0.15) is 0 Å². The molecule has 5 nitrogen and oxygen atoms in total. The van der Waals surface area contributed by atoms with Crippen molar-refractivity contribution in [3.05, 3.63) is 41.1 Å². The van der Waals surface area contributed by atoms with Crippen LogP contribution in [0.15, 0.2) is 25.1 Å². The van der Waals surface area contributed by atoms with Crippen LogP contribution in [-0.4, -0.2) is 54.2 Å². The number of halogens is 3. The van der Waals surface area contributed by atoms with Crippen LogP contribution in [-0.2, 0) is 11.3 Å². The summed E-state index contributed by atoms with van der Waals surface area (Å²) >= 11 is 10.3. The van der Waals surface area contributed by atoms with E-state index in [0.29, 0.717) is 13.0 Å². The molecule has 4 rings (SSSR count). The molecule has 2 aromatic heterocycles. The van der Waals surface area contributed by atoms with Crippen molar-refractivity contribution >= 4 is 78.6 Å². The van der Waals surface area contributed by atoms with E-state index in [4.69, 9.17) is 0 Å².